The Morgan fingerprint density at radius 3 is 2.62 bits per heavy atom. The number of hydrogen-bond acceptors (Lipinski definition) is 6. The Hall–Kier alpha value is -2.48. The van der Waals surface area contributed by atoms with Crippen LogP contribution >= 0.6 is 11.3 Å². The Bertz CT molecular complexity index is 938. The molecule has 3 aromatic heterocycles. The van der Waals surface area contributed by atoms with E-state index in [1.165, 1.54) is 4.88 Å². The average molecular weight is 370 g/mol. The van der Waals surface area contributed by atoms with Gasteiger partial charge in [-0.1, -0.05) is 13.8 Å². The van der Waals surface area contributed by atoms with Crippen LogP contribution in [0, 0.1) is 6.92 Å². The van der Waals surface area contributed by atoms with Crippen LogP contribution in [0.2, 0.25) is 0 Å². The lowest BCUT2D eigenvalue weighted by Gasteiger charge is -2.35. The van der Waals surface area contributed by atoms with Crippen LogP contribution in [0.25, 0.3) is 5.78 Å². The molecule has 1 fully saturated rings. The molecular formula is C18H22N6OS. The number of fused-ring (bicyclic) bond motifs is 1. The number of hydrogen-bond donors (Lipinski definition) is 0. The Morgan fingerprint density at radius 2 is 1.96 bits per heavy atom. The monoisotopic (exact) mass is 370 g/mol. The molecule has 0 spiro atoms. The van der Waals surface area contributed by atoms with Crippen LogP contribution < -0.4 is 4.90 Å². The van der Waals surface area contributed by atoms with Crippen LogP contribution in [0.4, 0.5) is 5.82 Å². The van der Waals surface area contributed by atoms with Gasteiger partial charge in [0.1, 0.15) is 12.1 Å². The Labute approximate surface area is 156 Å². The van der Waals surface area contributed by atoms with Crippen molar-refractivity contribution < 1.29 is 4.79 Å². The summed E-state index contributed by atoms with van der Waals surface area (Å²) in [6.07, 6.45) is 1.71. The molecule has 1 amide bonds. The SMILES string of the molecule is Cc1ccc(C(=O)N2CCN(c3cc(C(C)C)n4cnnc4n3)CC2)s1. The lowest BCUT2D eigenvalue weighted by atomic mass is 10.1. The van der Waals surface area contributed by atoms with Crippen molar-refractivity contribution in [2.24, 2.45) is 0 Å². The fourth-order valence-corrected chi connectivity index (χ4v) is 4.11. The smallest absolute Gasteiger partial charge is 0.264 e. The molecule has 1 aliphatic rings. The molecule has 26 heavy (non-hydrogen) atoms. The lowest BCUT2D eigenvalue weighted by molar-refractivity contribution is 0.0751. The number of nitrogens with zero attached hydrogens (tertiary/aromatic N) is 6. The van der Waals surface area contributed by atoms with Crippen LogP contribution in [-0.4, -0.2) is 56.6 Å². The van der Waals surface area contributed by atoms with Crippen LogP contribution in [0.3, 0.4) is 0 Å². The Kier molecular flexibility index (Phi) is 4.36. The predicted octanol–water partition coefficient (Wildman–Crippen LogP) is 2.58. The van der Waals surface area contributed by atoms with Gasteiger partial charge in [-0.3, -0.25) is 9.20 Å². The van der Waals surface area contributed by atoms with E-state index in [1.54, 1.807) is 17.7 Å². The maximum Gasteiger partial charge on any atom is 0.264 e. The van der Waals surface area contributed by atoms with Gasteiger partial charge in [0.05, 0.1) is 4.88 Å². The summed E-state index contributed by atoms with van der Waals surface area (Å²) in [6, 6.07) is 6.03. The number of aromatic nitrogens is 4. The average Bonchev–Trinajstić information content (AvgIpc) is 3.29. The second kappa shape index (κ2) is 6.68. The van der Waals surface area contributed by atoms with E-state index in [9.17, 15) is 4.79 Å². The summed E-state index contributed by atoms with van der Waals surface area (Å²) >= 11 is 1.56. The molecule has 7 nitrogen and oxygen atoms in total. The molecule has 0 saturated carbocycles. The van der Waals surface area contributed by atoms with Gasteiger partial charge in [0, 0.05) is 42.8 Å². The molecule has 3 aromatic rings. The Morgan fingerprint density at radius 1 is 1.19 bits per heavy atom. The molecule has 0 radical (unpaired) electrons. The summed E-state index contributed by atoms with van der Waals surface area (Å²) in [5, 5.41) is 8.10. The standard InChI is InChI=1S/C18H22N6OS/c1-12(2)14-10-16(20-18-21-19-11-24(14)18)22-6-8-23(9-7-22)17(25)15-5-4-13(3)26-15/h4-5,10-12H,6-9H2,1-3H3. The van der Waals surface area contributed by atoms with Gasteiger partial charge in [0.15, 0.2) is 0 Å². The van der Waals surface area contributed by atoms with Crippen molar-refractivity contribution in [1.29, 1.82) is 0 Å². The summed E-state index contributed by atoms with van der Waals surface area (Å²) in [4.78, 5) is 23.4. The number of carbonyl (C=O) groups excluding carboxylic acids is 1. The molecule has 0 aromatic carbocycles. The zero-order valence-electron chi connectivity index (χ0n) is 15.2. The van der Waals surface area contributed by atoms with E-state index < -0.39 is 0 Å². The van der Waals surface area contributed by atoms with E-state index in [4.69, 9.17) is 0 Å². The molecule has 0 N–H and O–H groups in total. The Balaban J connectivity index is 1.51. The second-order valence-corrected chi connectivity index (χ2v) is 8.17. The van der Waals surface area contributed by atoms with E-state index in [-0.39, 0.29) is 5.91 Å². The number of piperazine rings is 1. The summed E-state index contributed by atoms with van der Waals surface area (Å²) < 4.78 is 1.94. The van der Waals surface area contributed by atoms with E-state index in [2.05, 4.69) is 40.0 Å². The van der Waals surface area contributed by atoms with E-state index >= 15 is 0 Å². The molecule has 0 bridgehead atoms. The van der Waals surface area contributed by atoms with E-state index in [0.717, 1.165) is 29.5 Å². The fraction of sp³-hybridized carbons (Fsp3) is 0.444. The van der Waals surface area contributed by atoms with Gasteiger partial charge in [0.25, 0.3) is 11.7 Å². The van der Waals surface area contributed by atoms with Crippen LogP contribution in [0.1, 0.15) is 40.0 Å². The van der Waals surface area contributed by atoms with Gasteiger partial charge in [0.2, 0.25) is 0 Å². The van der Waals surface area contributed by atoms with E-state index in [0.29, 0.717) is 24.8 Å². The molecule has 136 valence electrons. The molecule has 8 heteroatoms. The summed E-state index contributed by atoms with van der Waals surface area (Å²) in [7, 11) is 0. The third kappa shape index (κ3) is 3.05. The van der Waals surface area contributed by atoms with Crippen molar-refractivity contribution in [1.82, 2.24) is 24.5 Å². The second-order valence-electron chi connectivity index (χ2n) is 6.88. The lowest BCUT2D eigenvalue weighted by Crippen LogP contribution is -2.49. The molecule has 1 saturated heterocycles. The number of carbonyl (C=O) groups is 1. The van der Waals surface area contributed by atoms with Crippen LogP contribution in [0.15, 0.2) is 24.5 Å². The normalized spacial score (nSPS) is 15.2. The van der Waals surface area contributed by atoms with Crippen molar-refractivity contribution >= 4 is 28.8 Å². The first-order chi connectivity index (χ1) is 12.5. The summed E-state index contributed by atoms with van der Waals surface area (Å²) in [5.41, 5.74) is 1.14. The molecule has 4 rings (SSSR count). The first kappa shape index (κ1) is 17.0. The maximum atomic E-state index is 12.6. The molecule has 0 aliphatic carbocycles. The topological polar surface area (TPSA) is 66.6 Å². The van der Waals surface area contributed by atoms with Crippen molar-refractivity contribution in [3.63, 3.8) is 0 Å². The van der Waals surface area contributed by atoms with Gasteiger partial charge in [-0.25, -0.2) is 0 Å². The van der Waals surface area contributed by atoms with Crippen LogP contribution in [0.5, 0.6) is 0 Å². The number of anilines is 1. The first-order valence-electron chi connectivity index (χ1n) is 8.84. The number of amides is 1. The third-order valence-corrected chi connectivity index (χ3v) is 5.72. The van der Waals surface area contributed by atoms with Gasteiger partial charge < -0.3 is 9.80 Å². The first-order valence-corrected chi connectivity index (χ1v) is 9.66. The molecule has 4 heterocycles. The van der Waals surface area contributed by atoms with Gasteiger partial charge in [-0.15, -0.1) is 21.5 Å². The third-order valence-electron chi connectivity index (χ3n) is 4.73. The van der Waals surface area contributed by atoms with Crippen molar-refractivity contribution in [2.45, 2.75) is 26.7 Å². The quantitative estimate of drug-likeness (QED) is 0.709. The predicted molar refractivity (Wildman–Crippen MR) is 102 cm³/mol. The molecule has 0 unspecified atom stereocenters. The highest BCUT2D eigenvalue weighted by atomic mass is 32.1. The molecule has 1 aliphatic heterocycles. The molecular weight excluding hydrogens is 348 g/mol. The molecule has 0 atom stereocenters. The highest BCUT2D eigenvalue weighted by Crippen LogP contribution is 2.23. The number of thiophene rings is 1. The number of rotatable bonds is 3. The van der Waals surface area contributed by atoms with Gasteiger partial charge in [-0.2, -0.15) is 4.98 Å². The van der Waals surface area contributed by atoms with Crippen LogP contribution in [-0.2, 0) is 0 Å². The fourth-order valence-electron chi connectivity index (χ4n) is 3.27. The zero-order valence-corrected chi connectivity index (χ0v) is 16.0. The highest BCUT2D eigenvalue weighted by molar-refractivity contribution is 7.13. The number of aryl methyl sites for hydroxylation is 1. The minimum absolute atomic E-state index is 0.131. The summed E-state index contributed by atoms with van der Waals surface area (Å²) in [5.74, 6) is 2.01. The largest absolute Gasteiger partial charge is 0.353 e. The zero-order chi connectivity index (χ0) is 18.3. The van der Waals surface area contributed by atoms with E-state index in [1.807, 2.05) is 28.4 Å². The minimum Gasteiger partial charge on any atom is -0.353 e. The summed E-state index contributed by atoms with van der Waals surface area (Å²) in [6.45, 7) is 9.27. The van der Waals surface area contributed by atoms with Crippen molar-refractivity contribution in [3.8, 4) is 0 Å². The maximum absolute atomic E-state index is 12.6. The van der Waals surface area contributed by atoms with Gasteiger partial charge in [-0.05, 0) is 25.0 Å². The van der Waals surface area contributed by atoms with Crippen molar-refractivity contribution in [2.75, 3.05) is 31.1 Å². The highest BCUT2D eigenvalue weighted by Gasteiger charge is 2.24. The van der Waals surface area contributed by atoms with Crippen molar-refractivity contribution in [3.05, 3.63) is 40.0 Å². The minimum atomic E-state index is 0.131. The van der Waals surface area contributed by atoms with Gasteiger partial charge >= 0.3 is 0 Å².